The van der Waals surface area contributed by atoms with E-state index in [0.29, 0.717) is 18.4 Å². The van der Waals surface area contributed by atoms with Crippen molar-refractivity contribution in [2.45, 2.75) is 52.5 Å². The molecule has 2 fully saturated rings. The van der Waals surface area contributed by atoms with Gasteiger partial charge in [-0.3, -0.25) is 9.69 Å². The van der Waals surface area contributed by atoms with Crippen LogP contribution >= 0.6 is 0 Å². The van der Waals surface area contributed by atoms with Crippen LogP contribution in [-0.2, 0) is 4.79 Å². The van der Waals surface area contributed by atoms with Gasteiger partial charge in [-0.25, -0.2) is 0 Å². The van der Waals surface area contributed by atoms with E-state index in [-0.39, 0.29) is 0 Å². The normalized spacial score (nSPS) is 23.0. The SMILES string of the molecule is CCC1CCN(C(=O)CCN2CCN(C(C)C)CC2)CC1. The second kappa shape index (κ2) is 8.14. The molecular weight excluding hydrogens is 262 g/mol. The van der Waals surface area contributed by atoms with E-state index < -0.39 is 0 Å². The van der Waals surface area contributed by atoms with Crippen LogP contribution in [0, 0.1) is 5.92 Å². The number of rotatable bonds is 5. The van der Waals surface area contributed by atoms with Crippen molar-refractivity contribution in [3.05, 3.63) is 0 Å². The molecular formula is C17H33N3O. The molecule has 4 heteroatoms. The Bertz CT molecular complexity index is 316. The zero-order chi connectivity index (χ0) is 15.2. The Morgan fingerprint density at radius 3 is 2.19 bits per heavy atom. The summed E-state index contributed by atoms with van der Waals surface area (Å²) in [5.41, 5.74) is 0. The number of carbonyl (C=O) groups excluding carboxylic acids is 1. The fraction of sp³-hybridized carbons (Fsp3) is 0.941. The molecule has 122 valence electrons. The average molecular weight is 295 g/mol. The van der Waals surface area contributed by atoms with Crippen molar-refractivity contribution in [1.29, 1.82) is 0 Å². The zero-order valence-corrected chi connectivity index (χ0v) is 14.2. The lowest BCUT2D eigenvalue weighted by atomic mass is 9.94. The molecule has 0 spiro atoms. The summed E-state index contributed by atoms with van der Waals surface area (Å²) in [7, 11) is 0. The number of nitrogens with zero attached hydrogens (tertiary/aromatic N) is 3. The quantitative estimate of drug-likeness (QED) is 0.777. The molecule has 2 saturated heterocycles. The topological polar surface area (TPSA) is 26.8 Å². The van der Waals surface area contributed by atoms with Gasteiger partial charge in [0.25, 0.3) is 0 Å². The second-order valence-electron chi connectivity index (χ2n) is 6.95. The highest BCUT2D eigenvalue weighted by Crippen LogP contribution is 2.20. The van der Waals surface area contributed by atoms with Crippen LogP contribution in [0.2, 0.25) is 0 Å². The molecule has 2 aliphatic heterocycles. The van der Waals surface area contributed by atoms with Crippen LogP contribution in [0.1, 0.15) is 46.5 Å². The predicted octanol–water partition coefficient (Wildman–Crippen LogP) is 2.05. The third-order valence-electron chi connectivity index (χ3n) is 5.32. The van der Waals surface area contributed by atoms with Gasteiger partial charge in [-0.1, -0.05) is 13.3 Å². The molecule has 0 aliphatic carbocycles. The smallest absolute Gasteiger partial charge is 0.223 e. The van der Waals surface area contributed by atoms with Crippen LogP contribution in [-0.4, -0.2) is 72.5 Å². The van der Waals surface area contributed by atoms with Crippen LogP contribution in [0.25, 0.3) is 0 Å². The lowest BCUT2D eigenvalue weighted by molar-refractivity contribution is -0.133. The first-order chi connectivity index (χ1) is 10.1. The summed E-state index contributed by atoms with van der Waals surface area (Å²) in [5, 5.41) is 0. The van der Waals surface area contributed by atoms with Gasteiger partial charge in [0, 0.05) is 58.3 Å². The summed E-state index contributed by atoms with van der Waals surface area (Å²) in [5.74, 6) is 1.22. The van der Waals surface area contributed by atoms with Gasteiger partial charge < -0.3 is 9.80 Å². The van der Waals surface area contributed by atoms with Gasteiger partial charge in [0.1, 0.15) is 0 Å². The summed E-state index contributed by atoms with van der Waals surface area (Å²) in [6.07, 6.45) is 4.38. The van der Waals surface area contributed by atoms with Crippen LogP contribution < -0.4 is 0 Å². The van der Waals surface area contributed by atoms with Crippen molar-refractivity contribution in [2.24, 2.45) is 5.92 Å². The third-order valence-corrected chi connectivity index (χ3v) is 5.32. The minimum atomic E-state index is 0.371. The Morgan fingerprint density at radius 1 is 1.05 bits per heavy atom. The fourth-order valence-corrected chi connectivity index (χ4v) is 3.51. The van der Waals surface area contributed by atoms with Gasteiger partial charge in [-0.05, 0) is 32.6 Å². The van der Waals surface area contributed by atoms with Crippen molar-refractivity contribution in [1.82, 2.24) is 14.7 Å². The number of piperidine rings is 1. The highest BCUT2D eigenvalue weighted by atomic mass is 16.2. The third kappa shape index (κ3) is 4.96. The molecule has 1 amide bonds. The number of hydrogen-bond acceptors (Lipinski definition) is 3. The first-order valence-electron chi connectivity index (χ1n) is 8.84. The minimum absolute atomic E-state index is 0.371. The largest absolute Gasteiger partial charge is 0.343 e. The van der Waals surface area contributed by atoms with E-state index in [9.17, 15) is 4.79 Å². The molecule has 0 aromatic rings. The molecule has 2 rings (SSSR count). The van der Waals surface area contributed by atoms with E-state index in [1.165, 1.54) is 19.3 Å². The van der Waals surface area contributed by atoms with Crippen LogP contribution in [0.4, 0.5) is 0 Å². The first kappa shape index (κ1) is 16.8. The number of carbonyl (C=O) groups is 1. The minimum Gasteiger partial charge on any atom is -0.343 e. The molecule has 0 bridgehead atoms. The molecule has 0 saturated carbocycles. The van der Waals surface area contributed by atoms with E-state index in [0.717, 1.165) is 51.7 Å². The molecule has 0 radical (unpaired) electrons. The van der Waals surface area contributed by atoms with E-state index in [1.54, 1.807) is 0 Å². The van der Waals surface area contributed by atoms with Crippen molar-refractivity contribution in [3.8, 4) is 0 Å². The van der Waals surface area contributed by atoms with Gasteiger partial charge in [0.15, 0.2) is 0 Å². The maximum atomic E-state index is 12.3. The number of likely N-dealkylation sites (tertiary alicyclic amines) is 1. The molecule has 0 aromatic carbocycles. The van der Waals surface area contributed by atoms with Gasteiger partial charge >= 0.3 is 0 Å². The average Bonchev–Trinajstić information content (AvgIpc) is 2.53. The Labute approximate surface area is 130 Å². The molecule has 0 aromatic heterocycles. The molecule has 0 unspecified atom stereocenters. The Hall–Kier alpha value is -0.610. The highest BCUT2D eigenvalue weighted by Gasteiger charge is 2.23. The lowest BCUT2D eigenvalue weighted by Gasteiger charge is -2.37. The van der Waals surface area contributed by atoms with Gasteiger partial charge in [0.05, 0.1) is 0 Å². The van der Waals surface area contributed by atoms with Gasteiger partial charge in [0.2, 0.25) is 5.91 Å². The molecule has 0 N–H and O–H groups in total. The number of amides is 1. The van der Waals surface area contributed by atoms with E-state index >= 15 is 0 Å². The van der Waals surface area contributed by atoms with Gasteiger partial charge in [-0.2, -0.15) is 0 Å². The van der Waals surface area contributed by atoms with Crippen molar-refractivity contribution < 1.29 is 4.79 Å². The van der Waals surface area contributed by atoms with Crippen LogP contribution in [0.3, 0.4) is 0 Å². The van der Waals surface area contributed by atoms with Crippen molar-refractivity contribution in [2.75, 3.05) is 45.8 Å². The van der Waals surface area contributed by atoms with Crippen molar-refractivity contribution >= 4 is 5.91 Å². The Morgan fingerprint density at radius 2 is 1.67 bits per heavy atom. The van der Waals surface area contributed by atoms with Crippen molar-refractivity contribution in [3.63, 3.8) is 0 Å². The Kier molecular flexibility index (Phi) is 6.49. The molecule has 2 aliphatic rings. The monoisotopic (exact) mass is 295 g/mol. The van der Waals surface area contributed by atoms with E-state index in [2.05, 4.69) is 35.5 Å². The maximum absolute atomic E-state index is 12.3. The van der Waals surface area contributed by atoms with E-state index in [1.807, 2.05) is 0 Å². The molecule has 2 heterocycles. The predicted molar refractivity (Wildman–Crippen MR) is 87.4 cm³/mol. The summed E-state index contributed by atoms with van der Waals surface area (Å²) in [4.78, 5) is 19.4. The standard InChI is InChI=1S/C17H33N3O/c1-4-16-5-9-20(10-6-16)17(21)7-8-18-11-13-19(14-12-18)15(2)3/h15-16H,4-14H2,1-3H3. The maximum Gasteiger partial charge on any atom is 0.223 e. The summed E-state index contributed by atoms with van der Waals surface area (Å²) in [6, 6.07) is 0.647. The summed E-state index contributed by atoms with van der Waals surface area (Å²) < 4.78 is 0. The molecule has 0 atom stereocenters. The van der Waals surface area contributed by atoms with E-state index in [4.69, 9.17) is 0 Å². The van der Waals surface area contributed by atoms with Gasteiger partial charge in [-0.15, -0.1) is 0 Å². The summed E-state index contributed by atoms with van der Waals surface area (Å²) in [6.45, 7) is 14.2. The highest BCUT2D eigenvalue weighted by molar-refractivity contribution is 5.76. The molecule has 21 heavy (non-hydrogen) atoms. The number of hydrogen-bond donors (Lipinski definition) is 0. The Balaban J connectivity index is 1.64. The van der Waals surface area contributed by atoms with Crippen LogP contribution in [0.15, 0.2) is 0 Å². The zero-order valence-electron chi connectivity index (χ0n) is 14.2. The molecule has 4 nitrogen and oxygen atoms in total. The fourth-order valence-electron chi connectivity index (χ4n) is 3.51. The lowest BCUT2D eigenvalue weighted by Crippen LogP contribution is -2.49. The number of piperazine rings is 1. The second-order valence-corrected chi connectivity index (χ2v) is 6.95. The first-order valence-corrected chi connectivity index (χ1v) is 8.84. The van der Waals surface area contributed by atoms with Crippen LogP contribution in [0.5, 0.6) is 0 Å². The summed E-state index contributed by atoms with van der Waals surface area (Å²) >= 11 is 0.